The Morgan fingerprint density at radius 3 is 2.33 bits per heavy atom. The van der Waals surface area contributed by atoms with Gasteiger partial charge in [0.15, 0.2) is 0 Å². The van der Waals surface area contributed by atoms with Crippen LogP contribution in [-0.4, -0.2) is 29.1 Å². The first-order valence-corrected chi connectivity index (χ1v) is 9.91. The van der Waals surface area contributed by atoms with Crippen LogP contribution in [0.1, 0.15) is 39.6 Å². The number of carboxylic acids is 1. The minimum atomic E-state index is -4.64. The number of pyridine rings is 1. The third kappa shape index (κ3) is 5.68. The van der Waals surface area contributed by atoms with E-state index in [-0.39, 0.29) is 29.1 Å². The van der Waals surface area contributed by atoms with Gasteiger partial charge in [0.05, 0.1) is 25.1 Å². The molecular weight excluding hydrogens is 437 g/mol. The van der Waals surface area contributed by atoms with Crippen molar-refractivity contribution in [2.45, 2.75) is 25.6 Å². The summed E-state index contributed by atoms with van der Waals surface area (Å²) in [6.45, 7) is 1.87. The molecule has 2 aromatic carbocycles. The fraction of sp³-hybridized carbons (Fsp3) is 0.208. The molecule has 6 nitrogen and oxygen atoms in total. The molecule has 1 heterocycles. The van der Waals surface area contributed by atoms with E-state index in [9.17, 15) is 27.9 Å². The van der Waals surface area contributed by atoms with E-state index in [2.05, 4.69) is 10.3 Å². The molecule has 0 fully saturated rings. The first kappa shape index (κ1) is 23.8. The Hall–Kier alpha value is -3.88. The molecule has 9 heteroatoms. The standard InChI is InChI=1S/C24H21F3N2O4/c1-14-7-9-15(10-8-14)19(13-21(30)31)29-23(32)18-11-12-20(33-2)22(28-18)16-5-3-4-6-17(16)24(25,26)27/h3-12,19H,13H2,1-2H3,(H,29,32)(H,30,31). The molecule has 1 aromatic heterocycles. The van der Waals surface area contributed by atoms with Crippen molar-refractivity contribution in [3.63, 3.8) is 0 Å². The summed E-state index contributed by atoms with van der Waals surface area (Å²) < 4.78 is 45.8. The number of aryl methyl sites for hydroxylation is 1. The van der Waals surface area contributed by atoms with Crippen LogP contribution in [0.25, 0.3) is 11.3 Å². The first-order chi connectivity index (χ1) is 15.6. The summed E-state index contributed by atoms with van der Waals surface area (Å²) in [7, 11) is 1.29. The highest BCUT2D eigenvalue weighted by atomic mass is 19.4. The van der Waals surface area contributed by atoms with E-state index in [0.717, 1.165) is 11.6 Å². The minimum absolute atomic E-state index is 0.0591. The predicted molar refractivity (Wildman–Crippen MR) is 115 cm³/mol. The average Bonchev–Trinajstić information content (AvgIpc) is 2.77. The molecule has 0 aliphatic heterocycles. The van der Waals surface area contributed by atoms with Crippen LogP contribution in [0.2, 0.25) is 0 Å². The molecule has 1 unspecified atom stereocenters. The highest BCUT2D eigenvalue weighted by Gasteiger charge is 2.34. The molecule has 0 saturated carbocycles. The lowest BCUT2D eigenvalue weighted by atomic mass is 10.0. The van der Waals surface area contributed by atoms with Crippen LogP contribution >= 0.6 is 0 Å². The van der Waals surface area contributed by atoms with Crippen LogP contribution in [0.15, 0.2) is 60.7 Å². The lowest BCUT2D eigenvalue weighted by Crippen LogP contribution is -2.31. The van der Waals surface area contributed by atoms with E-state index in [1.54, 1.807) is 24.3 Å². The number of amides is 1. The maximum Gasteiger partial charge on any atom is 0.417 e. The van der Waals surface area contributed by atoms with Crippen LogP contribution in [0.3, 0.4) is 0 Å². The number of nitrogens with one attached hydrogen (secondary N) is 1. The Labute approximate surface area is 188 Å². The van der Waals surface area contributed by atoms with Crippen molar-refractivity contribution in [2.24, 2.45) is 0 Å². The number of hydrogen-bond acceptors (Lipinski definition) is 4. The molecule has 3 rings (SSSR count). The first-order valence-electron chi connectivity index (χ1n) is 9.91. The van der Waals surface area contributed by atoms with E-state index in [1.165, 1.54) is 37.4 Å². The lowest BCUT2D eigenvalue weighted by Gasteiger charge is -2.19. The fourth-order valence-electron chi connectivity index (χ4n) is 3.33. The van der Waals surface area contributed by atoms with E-state index in [4.69, 9.17) is 4.74 Å². The van der Waals surface area contributed by atoms with Crippen molar-refractivity contribution in [3.05, 3.63) is 83.0 Å². The van der Waals surface area contributed by atoms with Gasteiger partial charge in [0.1, 0.15) is 17.1 Å². The molecule has 1 atom stereocenters. The van der Waals surface area contributed by atoms with Gasteiger partial charge in [-0.25, -0.2) is 4.98 Å². The van der Waals surface area contributed by atoms with Gasteiger partial charge in [-0.1, -0.05) is 48.0 Å². The molecule has 0 aliphatic rings. The largest absolute Gasteiger partial charge is 0.494 e. The Balaban J connectivity index is 1.99. The summed E-state index contributed by atoms with van der Waals surface area (Å²) in [6, 6.07) is 13.6. The van der Waals surface area contributed by atoms with Crippen LogP contribution in [0, 0.1) is 6.92 Å². The monoisotopic (exact) mass is 458 g/mol. The van der Waals surface area contributed by atoms with Crippen molar-refractivity contribution < 1.29 is 32.6 Å². The Morgan fingerprint density at radius 2 is 1.73 bits per heavy atom. The van der Waals surface area contributed by atoms with E-state index >= 15 is 0 Å². The number of halogens is 3. The van der Waals surface area contributed by atoms with Gasteiger partial charge >= 0.3 is 12.1 Å². The summed E-state index contributed by atoms with van der Waals surface area (Å²) in [5.41, 5.74) is 0.0545. The summed E-state index contributed by atoms with van der Waals surface area (Å²) >= 11 is 0. The molecule has 2 N–H and O–H groups in total. The average molecular weight is 458 g/mol. The maximum absolute atomic E-state index is 13.5. The number of ether oxygens (including phenoxy) is 1. The molecule has 172 valence electrons. The zero-order chi connectivity index (χ0) is 24.2. The Kier molecular flexibility index (Phi) is 7.01. The second-order valence-corrected chi connectivity index (χ2v) is 7.33. The van der Waals surface area contributed by atoms with Crippen LogP contribution in [-0.2, 0) is 11.0 Å². The number of hydrogen-bond donors (Lipinski definition) is 2. The SMILES string of the molecule is COc1ccc(C(=O)NC(CC(=O)O)c2ccc(C)cc2)nc1-c1ccccc1C(F)(F)F. The highest BCUT2D eigenvalue weighted by Crippen LogP contribution is 2.39. The molecule has 3 aromatic rings. The van der Waals surface area contributed by atoms with Gasteiger partial charge in [0.2, 0.25) is 0 Å². The number of alkyl halides is 3. The quantitative estimate of drug-likeness (QED) is 0.519. The number of carboxylic acid groups (broad SMARTS) is 1. The second kappa shape index (κ2) is 9.72. The zero-order valence-electron chi connectivity index (χ0n) is 17.8. The Morgan fingerprint density at radius 1 is 1.06 bits per heavy atom. The van der Waals surface area contributed by atoms with Crippen LogP contribution in [0.5, 0.6) is 5.75 Å². The summed E-state index contributed by atoms with van der Waals surface area (Å²) in [6.07, 6.45) is -5.02. The van der Waals surface area contributed by atoms with Gasteiger partial charge in [0, 0.05) is 5.56 Å². The molecule has 0 radical (unpaired) electrons. The van der Waals surface area contributed by atoms with Gasteiger partial charge in [-0.05, 0) is 30.7 Å². The number of aromatic nitrogens is 1. The van der Waals surface area contributed by atoms with Crippen LogP contribution < -0.4 is 10.1 Å². The van der Waals surface area contributed by atoms with Crippen molar-refractivity contribution in [3.8, 4) is 17.0 Å². The third-order valence-corrected chi connectivity index (χ3v) is 4.96. The number of rotatable bonds is 7. The van der Waals surface area contributed by atoms with Crippen molar-refractivity contribution in [1.29, 1.82) is 0 Å². The van der Waals surface area contributed by atoms with Gasteiger partial charge in [0.25, 0.3) is 5.91 Å². The number of aliphatic carboxylic acids is 1. The van der Waals surface area contributed by atoms with Crippen molar-refractivity contribution in [1.82, 2.24) is 10.3 Å². The lowest BCUT2D eigenvalue weighted by molar-refractivity contribution is -0.138. The molecule has 0 aliphatic carbocycles. The van der Waals surface area contributed by atoms with Gasteiger partial charge in [-0.15, -0.1) is 0 Å². The molecule has 33 heavy (non-hydrogen) atoms. The van der Waals surface area contributed by atoms with Crippen molar-refractivity contribution in [2.75, 3.05) is 7.11 Å². The van der Waals surface area contributed by atoms with E-state index in [1.807, 2.05) is 6.92 Å². The smallest absolute Gasteiger partial charge is 0.417 e. The molecule has 0 spiro atoms. The Bertz CT molecular complexity index is 1160. The molecule has 0 bridgehead atoms. The summed E-state index contributed by atoms with van der Waals surface area (Å²) in [5, 5.41) is 11.9. The number of carbonyl (C=O) groups excluding carboxylic acids is 1. The number of methoxy groups -OCH3 is 1. The molecule has 0 saturated heterocycles. The zero-order valence-corrected chi connectivity index (χ0v) is 17.8. The summed E-state index contributed by atoms with van der Waals surface area (Å²) in [5.74, 6) is -1.79. The second-order valence-electron chi connectivity index (χ2n) is 7.33. The fourth-order valence-corrected chi connectivity index (χ4v) is 3.33. The molecule has 1 amide bonds. The third-order valence-electron chi connectivity index (χ3n) is 4.96. The van der Waals surface area contributed by atoms with Crippen molar-refractivity contribution >= 4 is 11.9 Å². The van der Waals surface area contributed by atoms with Gasteiger partial charge in [-0.3, -0.25) is 9.59 Å². The normalized spacial score (nSPS) is 12.2. The summed E-state index contributed by atoms with van der Waals surface area (Å²) in [4.78, 5) is 28.4. The minimum Gasteiger partial charge on any atom is -0.494 e. The topological polar surface area (TPSA) is 88.5 Å². The maximum atomic E-state index is 13.5. The van der Waals surface area contributed by atoms with E-state index < -0.39 is 29.7 Å². The molecular formula is C24H21F3N2O4. The van der Waals surface area contributed by atoms with Crippen LogP contribution in [0.4, 0.5) is 13.2 Å². The number of benzene rings is 2. The predicted octanol–water partition coefficient (Wildman–Crippen LogP) is 5.03. The van der Waals surface area contributed by atoms with E-state index in [0.29, 0.717) is 5.56 Å². The number of carbonyl (C=O) groups is 2. The van der Waals surface area contributed by atoms with Gasteiger partial charge in [-0.2, -0.15) is 13.2 Å². The van der Waals surface area contributed by atoms with Gasteiger partial charge < -0.3 is 15.2 Å². The highest BCUT2D eigenvalue weighted by molar-refractivity contribution is 5.94. The number of nitrogens with zero attached hydrogens (tertiary/aromatic N) is 1.